The lowest BCUT2D eigenvalue weighted by Gasteiger charge is -2.16. The van der Waals surface area contributed by atoms with Crippen LogP contribution < -0.4 is 0 Å². The summed E-state index contributed by atoms with van der Waals surface area (Å²) in [5.41, 5.74) is 1.23. The molecule has 0 radical (unpaired) electrons. The second-order valence-electron chi connectivity index (χ2n) is 7.91. The molecule has 0 aromatic carbocycles. The number of unbranched alkanes of at least 4 members (excludes halogenated alkanes) is 1. The molecule has 0 spiro atoms. The summed E-state index contributed by atoms with van der Waals surface area (Å²) in [6.07, 6.45) is 9.32. The summed E-state index contributed by atoms with van der Waals surface area (Å²) in [4.78, 5) is 25.3. The van der Waals surface area contributed by atoms with Crippen molar-refractivity contribution in [3.63, 3.8) is 0 Å². The lowest BCUT2D eigenvalue weighted by molar-refractivity contribution is -0.137. The topological polar surface area (TPSA) is 94.8 Å². The molecule has 0 bridgehead atoms. The number of Topliss-reactive ketones (excluding diaryl/α,β-unsaturated/α-hetero) is 1. The smallest absolute Gasteiger partial charge is 0.303 e. The Morgan fingerprint density at radius 2 is 2.03 bits per heavy atom. The molecule has 3 N–H and O–H groups in total. The normalized spacial score (nSPS) is 23.1. The fourth-order valence-corrected chi connectivity index (χ4v) is 5.76. The summed E-state index contributed by atoms with van der Waals surface area (Å²) >= 11 is 5.36. The number of carboxylic acid groups (broad SMARTS) is 1. The van der Waals surface area contributed by atoms with Gasteiger partial charge >= 0.3 is 5.97 Å². The summed E-state index contributed by atoms with van der Waals surface area (Å²) in [7, 11) is 0. The van der Waals surface area contributed by atoms with E-state index in [1.54, 1.807) is 23.5 Å². The van der Waals surface area contributed by atoms with Gasteiger partial charge in [0.1, 0.15) is 5.78 Å². The van der Waals surface area contributed by atoms with Gasteiger partial charge in [-0.3, -0.25) is 9.59 Å². The zero-order valence-electron chi connectivity index (χ0n) is 17.5. The summed E-state index contributed by atoms with van der Waals surface area (Å²) < 4.78 is 1.12. The Balaban J connectivity index is 1.88. The molecular weight excluding hydrogens is 468 g/mol. The molecule has 1 aliphatic carbocycles. The number of halogens is 1. The van der Waals surface area contributed by atoms with Crippen LogP contribution in [0.4, 0.5) is 0 Å². The number of aliphatic carboxylic acids is 1. The predicted octanol–water partition coefficient (Wildman–Crippen LogP) is 4.74. The molecule has 1 heterocycles. The van der Waals surface area contributed by atoms with Crippen molar-refractivity contribution in [2.75, 3.05) is 0 Å². The highest BCUT2D eigenvalue weighted by Gasteiger charge is 2.39. The van der Waals surface area contributed by atoms with E-state index in [-0.39, 0.29) is 30.5 Å². The average molecular weight is 499 g/mol. The van der Waals surface area contributed by atoms with Crippen molar-refractivity contribution in [3.05, 3.63) is 44.1 Å². The zero-order valence-corrected chi connectivity index (χ0v) is 19.9. The second-order valence-corrected chi connectivity index (χ2v) is 10.1. The Bertz CT molecular complexity index is 798. The minimum absolute atomic E-state index is 0.0372. The second kappa shape index (κ2) is 11.9. The van der Waals surface area contributed by atoms with Crippen molar-refractivity contribution in [1.29, 1.82) is 0 Å². The fraction of sp³-hybridized carbons (Fsp3) is 0.565. The molecule has 0 unspecified atom stereocenters. The lowest BCUT2D eigenvalue weighted by Crippen LogP contribution is -2.19. The van der Waals surface area contributed by atoms with Crippen molar-refractivity contribution in [1.82, 2.24) is 0 Å². The molecule has 166 valence electrons. The van der Waals surface area contributed by atoms with Crippen LogP contribution in [0.3, 0.4) is 0 Å². The monoisotopic (exact) mass is 498 g/mol. The largest absolute Gasteiger partial charge is 0.481 e. The third-order valence-corrected chi connectivity index (χ3v) is 8.00. The molecule has 5 nitrogen and oxygen atoms in total. The number of hydrogen-bond acceptors (Lipinski definition) is 5. The number of carboxylic acids is 1. The van der Waals surface area contributed by atoms with Gasteiger partial charge in [-0.25, -0.2) is 0 Å². The van der Waals surface area contributed by atoms with E-state index >= 15 is 0 Å². The summed E-state index contributed by atoms with van der Waals surface area (Å²) in [5, 5.41) is 29.3. The Kier molecular flexibility index (Phi) is 9.94. The van der Waals surface area contributed by atoms with Gasteiger partial charge in [0, 0.05) is 38.9 Å². The number of carbonyl (C=O) groups is 2. The van der Waals surface area contributed by atoms with Crippen LogP contribution in [0.2, 0.25) is 0 Å². The van der Waals surface area contributed by atoms with E-state index in [0.29, 0.717) is 25.7 Å². The van der Waals surface area contributed by atoms with E-state index < -0.39 is 18.2 Å². The van der Waals surface area contributed by atoms with E-state index in [0.717, 1.165) is 10.9 Å². The number of aryl methyl sites for hydroxylation is 2. The first kappa shape index (κ1) is 25.0. The lowest BCUT2D eigenvalue weighted by atomic mass is 9.90. The quantitative estimate of drug-likeness (QED) is 0.302. The number of thiophene rings is 1. The molecule has 30 heavy (non-hydrogen) atoms. The van der Waals surface area contributed by atoms with Gasteiger partial charge in [0.05, 0.1) is 12.2 Å². The van der Waals surface area contributed by atoms with Crippen LogP contribution in [0.15, 0.2) is 28.8 Å². The van der Waals surface area contributed by atoms with Gasteiger partial charge in [-0.05, 0) is 67.4 Å². The third-order valence-electron chi connectivity index (χ3n) is 5.60. The van der Waals surface area contributed by atoms with Crippen molar-refractivity contribution in [3.8, 4) is 0 Å². The number of allylic oxidation sites excluding steroid dienone is 2. The molecule has 2 rings (SSSR count). The predicted molar refractivity (Wildman–Crippen MR) is 123 cm³/mol. The SMILES string of the molecule is Cc1sc(C)c(CC[C@H](O)C=C[C@H]2[C@H](O)CC(=O)[C@@H]2CC=CCCCC(=O)O)c1Br. The zero-order chi connectivity index (χ0) is 22.3. The van der Waals surface area contributed by atoms with E-state index in [9.17, 15) is 19.8 Å². The van der Waals surface area contributed by atoms with Gasteiger partial charge in [-0.15, -0.1) is 11.3 Å². The summed E-state index contributed by atoms with van der Waals surface area (Å²) in [6, 6.07) is 0. The number of ketones is 1. The van der Waals surface area contributed by atoms with Crippen molar-refractivity contribution >= 4 is 39.0 Å². The molecule has 7 heteroatoms. The standard InChI is InChI=1S/C23H31BrO5S/c1-14-17(23(24)15(2)30-14)11-9-16(25)10-12-19-18(20(26)13-21(19)27)7-5-3-4-6-8-22(28)29/h3,5,10,12,16,18-19,21,25,27H,4,6-9,11,13H2,1-2H3,(H,28,29)/t16-,18+,19+,21+/m0/s1. The summed E-state index contributed by atoms with van der Waals surface area (Å²) in [6.45, 7) is 4.15. The first-order valence-electron chi connectivity index (χ1n) is 10.4. The van der Waals surface area contributed by atoms with E-state index in [1.165, 1.54) is 15.3 Å². The minimum atomic E-state index is -0.807. The number of hydrogen-bond donors (Lipinski definition) is 3. The van der Waals surface area contributed by atoms with Gasteiger partial charge in [0.2, 0.25) is 0 Å². The van der Waals surface area contributed by atoms with E-state index in [4.69, 9.17) is 5.11 Å². The maximum Gasteiger partial charge on any atom is 0.303 e. The molecule has 0 aliphatic heterocycles. The van der Waals surface area contributed by atoms with Crippen molar-refractivity contribution in [2.45, 2.75) is 71.0 Å². The van der Waals surface area contributed by atoms with Crippen LogP contribution >= 0.6 is 27.3 Å². The van der Waals surface area contributed by atoms with Gasteiger partial charge < -0.3 is 15.3 Å². The van der Waals surface area contributed by atoms with Crippen LogP contribution in [0.5, 0.6) is 0 Å². The first-order chi connectivity index (χ1) is 14.2. The first-order valence-corrected chi connectivity index (χ1v) is 12.0. The highest BCUT2D eigenvalue weighted by molar-refractivity contribution is 9.10. The maximum atomic E-state index is 12.3. The average Bonchev–Trinajstić information content (AvgIpc) is 3.08. The molecule has 1 aliphatic rings. The van der Waals surface area contributed by atoms with Crippen molar-refractivity contribution in [2.24, 2.45) is 11.8 Å². The van der Waals surface area contributed by atoms with Crippen molar-refractivity contribution < 1.29 is 24.9 Å². The summed E-state index contributed by atoms with van der Waals surface area (Å²) in [5.74, 6) is -1.36. The van der Waals surface area contributed by atoms with E-state index in [2.05, 4.69) is 29.8 Å². The Morgan fingerprint density at radius 1 is 1.30 bits per heavy atom. The molecule has 1 saturated carbocycles. The highest BCUT2D eigenvalue weighted by atomic mass is 79.9. The number of aliphatic hydroxyl groups excluding tert-OH is 2. The Morgan fingerprint density at radius 3 is 2.67 bits per heavy atom. The molecule has 4 atom stereocenters. The molecule has 1 aromatic rings. The number of rotatable bonds is 11. The third kappa shape index (κ3) is 7.15. The number of aliphatic hydroxyl groups is 2. The molecule has 0 saturated heterocycles. The van der Waals surface area contributed by atoms with Gasteiger partial charge in [-0.1, -0.05) is 24.3 Å². The van der Waals surface area contributed by atoms with Gasteiger partial charge in [-0.2, -0.15) is 0 Å². The highest BCUT2D eigenvalue weighted by Crippen LogP contribution is 2.34. The van der Waals surface area contributed by atoms with Crippen LogP contribution in [-0.2, 0) is 16.0 Å². The van der Waals surface area contributed by atoms with Crippen LogP contribution in [0.1, 0.15) is 53.8 Å². The van der Waals surface area contributed by atoms with Gasteiger partial charge in [0.15, 0.2) is 0 Å². The van der Waals surface area contributed by atoms with Crippen LogP contribution in [0.25, 0.3) is 0 Å². The molecular formula is C23H31BrO5S. The molecule has 0 amide bonds. The maximum absolute atomic E-state index is 12.3. The van der Waals surface area contributed by atoms with Crippen LogP contribution in [-0.4, -0.2) is 39.3 Å². The molecule has 1 fully saturated rings. The fourth-order valence-electron chi connectivity index (χ4n) is 3.89. The number of carbonyl (C=O) groups excluding carboxylic acids is 1. The minimum Gasteiger partial charge on any atom is -0.481 e. The Labute approximate surface area is 190 Å². The molecule has 1 aromatic heterocycles. The van der Waals surface area contributed by atoms with Gasteiger partial charge in [0.25, 0.3) is 0 Å². The Hall–Kier alpha value is -1.28. The van der Waals surface area contributed by atoms with Crippen LogP contribution in [0, 0.1) is 25.7 Å². The van der Waals surface area contributed by atoms with E-state index in [1.807, 2.05) is 12.2 Å².